The molecule has 9 heteroatoms. The molecular weight excluding hydrogens is 486 g/mol. The number of carbonyl (C=O) groups excluding carboxylic acids is 3. The van der Waals surface area contributed by atoms with E-state index < -0.39 is 6.04 Å². The predicted molar refractivity (Wildman–Crippen MR) is 140 cm³/mol. The Hall–Kier alpha value is -4.55. The SMILES string of the molecule is Cc1ccccc1C1NC(=O)c2c(C(=O)N3CC(C#N)C3)ccc(NC(=O)c3nsc4ccccc34)c21. The zero-order valence-corrected chi connectivity index (χ0v) is 20.6. The van der Waals surface area contributed by atoms with Gasteiger partial charge in [-0.25, -0.2) is 0 Å². The number of hydrogen-bond acceptors (Lipinski definition) is 6. The number of nitrogens with zero attached hydrogens (tertiary/aromatic N) is 3. The number of aryl methyl sites for hydroxylation is 1. The van der Waals surface area contributed by atoms with Crippen LogP contribution in [0.1, 0.15) is 53.9 Å². The summed E-state index contributed by atoms with van der Waals surface area (Å²) in [5.41, 5.74) is 3.66. The van der Waals surface area contributed by atoms with Gasteiger partial charge < -0.3 is 15.5 Å². The molecule has 8 nitrogen and oxygen atoms in total. The van der Waals surface area contributed by atoms with E-state index in [4.69, 9.17) is 5.26 Å². The smallest absolute Gasteiger partial charge is 0.276 e. The van der Waals surface area contributed by atoms with E-state index in [0.29, 0.717) is 30.0 Å². The lowest BCUT2D eigenvalue weighted by Gasteiger charge is -2.35. The Morgan fingerprint density at radius 3 is 2.65 bits per heavy atom. The van der Waals surface area contributed by atoms with Gasteiger partial charge in [0.25, 0.3) is 17.7 Å². The maximum absolute atomic E-state index is 13.4. The van der Waals surface area contributed by atoms with E-state index in [-0.39, 0.29) is 34.8 Å². The highest BCUT2D eigenvalue weighted by molar-refractivity contribution is 7.13. The second-order valence-corrected chi connectivity index (χ2v) is 10.0. The van der Waals surface area contributed by atoms with Crippen molar-refractivity contribution in [1.82, 2.24) is 14.6 Å². The highest BCUT2D eigenvalue weighted by Crippen LogP contribution is 2.40. The number of nitrogens with one attached hydrogen (secondary N) is 2. The van der Waals surface area contributed by atoms with Crippen molar-refractivity contribution in [2.45, 2.75) is 13.0 Å². The molecule has 1 saturated heterocycles. The quantitative estimate of drug-likeness (QED) is 0.428. The Labute approximate surface area is 216 Å². The van der Waals surface area contributed by atoms with Gasteiger partial charge in [0.1, 0.15) is 5.69 Å². The van der Waals surface area contributed by atoms with Crippen LogP contribution in [0.15, 0.2) is 60.7 Å². The number of nitriles is 1. The highest BCUT2D eigenvalue weighted by Gasteiger charge is 2.40. The number of benzene rings is 3. The average molecular weight is 508 g/mol. The van der Waals surface area contributed by atoms with E-state index in [1.165, 1.54) is 11.5 Å². The summed E-state index contributed by atoms with van der Waals surface area (Å²) in [4.78, 5) is 41.6. The van der Waals surface area contributed by atoms with E-state index in [2.05, 4.69) is 21.1 Å². The first kappa shape index (κ1) is 22.9. The number of anilines is 1. The molecule has 2 aliphatic rings. The van der Waals surface area contributed by atoms with Crippen LogP contribution >= 0.6 is 11.5 Å². The van der Waals surface area contributed by atoms with Gasteiger partial charge in [0.05, 0.1) is 33.9 Å². The van der Waals surface area contributed by atoms with Crippen molar-refractivity contribution in [2.75, 3.05) is 18.4 Å². The molecule has 3 heterocycles. The monoisotopic (exact) mass is 507 g/mol. The molecule has 0 aliphatic carbocycles. The van der Waals surface area contributed by atoms with Crippen molar-refractivity contribution >= 4 is 45.0 Å². The molecule has 0 saturated carbocycles. The molecule has 2 N–H and O–H groups in total. The Bertz CT molecular complexity index is 1650. The normalized spacial score (nSPS) is 16.6. The number of amides is 3. The lowest BCUT2D eigenvalue weighted by atomic mass is 9.90. The van der Waals surface area contributed by atoms with Gasteiger partial charge in [-0.2, -0.15) is 9.64 Å². The highest BCUT2D eigenvalue weighted by atomic mass is 32.1. The number of carbonyl (C=O) groups is 3. The van der Waals surface area contributed by atoms with Gasteiger partial charge in [0, 0.05) is 29.7 Å². The fraction of sp³-hybridized carbons (Fsp3) is 0.179. The molecule has 1 atom stereocenters. The molecule has 6 rings (SSSR count). The molecule has 3 aromatic carbocycles. The van der Waals surface area contributed by atoms with E-state index in [9.17, 15) is 14.4 Å². The first-order valence-corrected chi connectivity index (χ1v) is 12.6. The van der Waals surface area contributed by atoms with Crippen molar-refractivity contribution in [2.24, 2.45) is 5.92 Å². The average Bonchev–Trinajstić information content (AvgIpc) is 3.46. The van der Waals surface area contributed by atoms with Gasteiger partial charge in [0.15, 0.2) is 0 Å². The van der Waals surface area contributed by atoms with Crippen molar-refractivity contribution in [3.63, 3.8) is 0 Å². The molecule has 3 amide bonds. The standard InChI is InChI=1S/C28H21N5O3S/c1-15-6-2-3-7-17(15)24-23-20(30-27(35)25-18-8-4-5-9-21(18)37-32-25)11-10-19(22(23)26(34)31-24)28(36)33-13-16(12-29)14-33/h2-11,16,24H,13-14H2,1H3,(H,30,35)(H,31,34). The first-order chi connectivity index (χ1) is 18.0. The topological polar surface area (TPSA) is 115 Å². The van der Waals surface area contributed by atoms with Gasteiger partial charge >= 0.3 is 0 Å². The second-order valence-electron chi connectivity index (χ2n) is 9.23. The molecule has 37 heavy (non-hydrogen) atoms. The lowest BCUT2D eigenvalue weighted by molar-refractivity contribution is 0.0574. The minimum atomic E-state index is -0.540. The van der Waals surface area contributed by atoms with Crippen LogP contribution < -0.4 is 10.6 Å². The van der Waals surface area contributed by atoms with Gasteiger partial charge in [-0.3, -0.25) is 14.4 Å². The maximum atomic E-state index is 13.4. The molecule has 1 unspecified atom stereocenters. The predicted octanol–water partition coefficient (Wildman–Crippen LogP) is 4.29. The summed E-state index contributed by atoms with van der Waals surface area (Å²) in [6.07, 6.45) is 0. The summed E-state index contributed by atoms with van der Waals surface area (Å²) < 4.78 is 5.26. The third kappa shape index (κ3) is 3.74. The van der Waals surface area contributed by atoms with Crippen LogP contribution in [0.5, 0.6) is 0 Å². The molecule has 0 spiro atoms. The molecule has 182 valence electrons. The van der Waals surface area contributed by atoms with Crippen LogP contribution in [0.4, 0.5) is 5.69 Å². The number of likely N-dealkylation sites (tertiary alicyclic amines) is 1. The van der Waals surface area contributed by atoms with Gasteiger partial charge in [0.2, 0.25) is 0 Å². The number of fused-ring (bicyclic) bond motifs is 2. The molecule has 1 fully saturated rings. The minimum Gasteiger partial charge on any atom is -0.341 e. The lowest BCUT2D eigenvalue weighted by Crippen LogP contribution is -2.49. The molecular formula is C28H21N5O3S. The fourth-order valence-electron chi connectivity index (χ4n) is 5.00. The Balaban J connectivity index is 1.45. The fourth-order valence-corrected chi connectivity index (χ4v) is 5.77. The summed E-state index contributed by atoms with van der Waals surface area (Å²) >= 11 is 1.25. The Morgan fingerprint density at radius 1 is 1.11 bits per heavy atom. The second kappa shape index (κ2) is 8.84. The Kier molecular flexibility index (Phi) is 5.46. The van der Waals surface area contributed by atoms with Crippen molar-refractivity contribution in [3.8, 4) is 6.07 Å². The Morgan fingerprint density at radius 2 is 1.86 bits per heavy atom. The first-order valence-electron chi connectivity index (χ1n) is 11.8. The van der Waals surface area contributed by atoms with Gasteiger partial charge in [-0.15, -0.1) is 0 Å². The number of hydrogen-bond donors (Lipinski definition) is 2. The van der Waals surface area contributed by atoms with Crippen LogP contribution in [0, 0.1) is 24.2 Å². The van der Waals surface area contributed by atoms with Crippen LogP contribution in [-0.2, 0) is 0 Å². The zero-order chi connectivity index (χ0) is 25.7. The van der Waals surface area contributed by atoms with Crippen molar-refractivity contribution in [3.05, 3.63) is 94.2 Å². The third-order valence-corrected chi connectivity index (χ3v) is 7.79. The van der Waals surface area contributed by atoms with E-state index in [1.54, 1.807) is 17.0 Å². The summed E-state index contributed by atoms with van der Waals surface area (Å²) in [6, 6.07) is 20.1. The van der Waals surface area contributed by atoms with Crippen molar-refractivity contribution in [1.29, 1.82) is 5.26 Å². The molecule has 2 aliphatic heterocycles. The van der Waals surface area contributed by atoms with Crippen LogP contribution in [-0.4, -0.2) is 40.1 Å². The van der Waals surface area contributed by atoms with Gasteiger partial charge in [-0.1, -0.05) is 42.5 Å². The largest absolute Gasteiger partial charge is 0.341 e. The summed E-state index contributed by atoms with van der Waals surface area (Å²) in [7, 11) is 0. The van der Waals surface area contributed by atoms with Gasteiger partial charge in [-0.05, 0) is 47.8 Å². The summed E-state index contributed by atoms with van der Waals surface area (Å²) in [5.74, 6) is -1.26. The van der Waals surface area contributed by atoms with E-state index >= 15 is 0 Å². The molecule has 0 bridgehead atoms. The third-order valence-electron chi connectivity index (χ3n) is 6.96. The summed E-state index contributed by atoms with van der Waals surface area (Å²) in [5, 5.41) is 15.8. The zero-order valence-electron chi connectivity index (χ0n) is 19.8. The number of rotatable bonds is 4. The molecule has 0 radical (unpaired) electrons. The van der Waals surface area contributed by atoms with E-state index in [0.717, 1.165) is 21.2 Å². The molecule has 4 aromatic rings. The van der Waals surface area contributed by atoms with Crippen LogP contribution in [0.25, 0.3) is 10.1 Å². The van der Waals surface area contributed by atoms with Crippen LogP contribution in [0.3, 0.4) is 0 Å². The minimum absolute atomic E-state index is 0.197. The van der Waals surface area contributed by atoms with E-state index in [1.807, 2.05) is 55.5 Å². The number of aromatic nitrogens is 1. The van der Waals surface area contributed by atoms with Crippen molar-refractivity contribution < 1.29 is 14.4 Å². The summed E-state index contributed by atoms with van der Waals surface area (Å²) in [6.45, 7) is 2.63. The molecule has 1 aromatic heterocycles. The van der Waals surface area contributed by atoms with Crippen LogP contribution in [0.2, 0.25) is 0 Å². The maximum Gasteiger partial charge on any atom is 0.276 e.